The van der Waals surface area contributed by atoms with E-state index in [0.29, 0.717) is 18.5 Å². The van der Waals surface area contributed by atoms with Gasteiger partial charge in [-0.1, -0.05) is 18.2 Å². The fraction of sp³-hybridized carbons (Fsp3) is 0.467. The average Bonchev–Trinajstić information content (AvgIpc) is 2.40. The van der Waals surface area contributed by atoms with Gasteiger partial charge in [0.15, 0.2) is 0 Å². The van der Waals surface area contributed by atoms with E-state index in [2.05, 4.69) is 5.32 Å². The Morgan fingerprint density at radius 2 is 2.00 bits per heavy atom. The lowest BCUT2D eigenvalue weighted by atomic mass is 10.1. The second-order valence-corrected chi connectivity index (χ2v) is 5.00. The number of carboxylic acids is 1. The SMILES string of the molecule is CC(C)N(CCC(=O)O)C(=O)NCCc1ccccc1F. The van der Waals surface area contributed by atoms with Crippen LogP contribution in [-0.4, -0.2) is 41.1 Å². The average molecular weight is 296 g/mol. The lowest BCUT2D eigenvalue weighted by Crippen LogP contribution is -2.45. The Balaban J connectivity index is 2.46. The van der Waals surface area contributed by atoms with Crippen LogP contribution in [-0.2, 0) is 11.2 Å². The maximum Gasteiger partial charge on any atom is 0.317 e. The van der Waals surface area contributed by atoms with Gasteiger partial charge in [0.25, 0.3) is 0 Å². The van der Waals surface area contributed by atoms with Crippen molar-refractivity contribution in [3.63, 3.8) is 0 Å². The first-order valence-corrected chi connectivity index (χ1v) is 6.91. The third-order valence-corrected chi connectivity index (χ3v) is 3.08. The quantitative estimate of drug-likeness (QED) is 0.811. The van der Waals surface area contributed by atoms with Crippen LogP contribution in [0.2, 0.25) is 0 Å². The van der Waals surface area contributed by atoms with Crippen LogP contribution in [0.15, 0.2) is 24.3 Å². The molecule has 0 unspecified atom stereocenters. The van der Waals surface area contributed by atoms with Crippen molar-refractivity contribution >= 4 is 12.0 Å². The normalized spacial score (nSPS) is 10.5. The fourth-order valence-corrected chi connectivity index (χ4v) is 1.92. The molecule has 0 aromatic heterocycles. The number of hydrogen-bond donors (Lipinski definition) is 2. The van der Waals surface area contributed by atoms with E-state index in [9.17, 15) is 14.0 Å². The van der Waals surface area contributed by atoms with Gasteiger partial charge >= 0.3 is 12.0 Å². The summed E-state index contributed by atoms with van der Waals surface area (Å²) in [4.78, 5) is 24.0. The molecule has 0 saturated heterocycles. The molecule has 1 rings (SSSR count). The number of carboxylic acid groups (broad SMARTS) is 1. The monoisotopic (exact) mass is 296 g/mol. The van der Waals surface area contributed by atoms with Crippen molar-refractivity contribution in [1.82, 2.24) is 10.2 Å². The summed E-state index contributed by atoms with van der Waals surface area (Å²) in [6.07, 6.45) is 0.294. The standard InChI is InChI=1S/C15H21FN2O3/c1-11(2)18(10-8-14(19)20)15(21)17-9-7-12-5-3-4-6-13(12)16/h3-6,11H,7-10H2,1-2H3,(H,17,21)(H,19,20). The first kappa shape index (κ1) is 16.9. The molecule has 0 aliphatic heterocycles. The maximum atomic E-state index is 13.4. The Kier molecular flexibility index (Phi) is 6.65. The zero-order chi connectivity index (χ0) is 15.8. The second kappa shape index (κ2) is 8.24. The zero-order valence-corrected chi connectivity index (χ0v) is 12.3. The first-order chi connectivity index (χ1) is 9.91. The number of urea groups is 1. The van der Waals surface area contributed by atoms with Gasteiger partial charge < -0.3 is 15.3 Å². The molecule has 1 aromatic rings. The van der Waals surface area contributed by atoms with E-state index in [4.69, 9.17) is 5.11 Å². The molecule has 0 radical (unpaired) electrons. The first-order valence-electron chi connectivity index (χ1n) is 6.91. The molecule has 0 aliphatic rings. The molecule has 0 aliphatic carbocycles. The van der Waals surface area contributed by atoms with Gasteiger partial charge in [-0.15, -0.1) is 0 Å². The van der Waals surface area contributed by atoms with Gasteiger partial charge in [-0.05, 0) is 31.9 Å². The molecule has 0 saturated carbocycles. The van der Waals surface area contributed by atoms with Gasteiger partial charge in [0.2, 0.25) is 0 Å². The van der Waals surface area contributed by atoms with Crippen molar-refractivity contribution in [2.75, 3.05) is 13.1 Å². The van der Waals surface area contributed by atoms with Crippen molar-refractivity contribution in [2.45, 2.75) is 32.7 Å². The summed E-state index contributed by atoms with van der Waals surface area (Å²) in [5.74, 6) is -1.24. The molecule has 116 valence electrons. The summed E-state index contributed by atoms with van der Waals surface area (Å²) in [6.45, 7) is 4.09. The second-order valence-electron chi connectivity index (χ2n) is 5.00. The third kappa shape index (κ3) is 5.81. The molecule has 5 nitrogen and oxygen atoms in total. The highest BCUT2D eigenvalue weighted by Crippen LogP contribution is 2.06. The van der Waals surface area contributed by atoms with Gasteiger partial charge in [-0.2, -0.15) is 0 Å². The van der Waals surface area contributed by atoms with E-state index in [1.807, 2.05) is 13.8 Å². The van der Waals surface area contributed by atoms with Crippen molar-refractivity contribution in [3.8, 4) is 0 Å². The van der Waals surface area contributed by atoms with Crippen molar-refractivity contribution in [2.24, 2.45) is 0 Å². The minimum Gasteiger partial charge on any atom is -0.481 e. The van der Waals surface area contributed by atoms with Crippen LogP contribution in [0.5, 0.6) is 0 Å². The number of rotatable bonds is 7. The van der Waals surface area contributed by atoms with Crippen LogP contribution >= 0.6 is 0 Å². The molecular weight excluding hydrogens is 275 g/mol. The van der Waals surface area contributed by atoms with Crippen molar-refractivity contribution in [3.05, 3.63) is 35.6 Å². The molecule has 21 heavy (non-hydrogen) atoms. The predicted octanol–water partition coefficient (Wildman–Crippen LogP) is 2.26. The number of aliphatic carboxylic acids is 1. The Bertz CT molecular complexity index is 492. The van der Waals surface area contributed by atoms with Crippen LogP contribution in [0.4, 0.5) is 9.18 Å². The molecule has 6 heteroatoms. The van der Waals surface area contributed by atoms with E-state index in [0.717, 1.165) is 0 Å². The van der Waals surface area contributed by atoms with Crippen molar-refractivity contribution in [1.29, 1.82) is 0 Å². The van der Waals surface area contributed by atoms with E-state index in [1.54, 1.807) is 18.2 Å². The maximum absolute atomic E-state index is 13.4. The lowest BCUT2D eigenvalue weighted by Gasteiger charge is -2.26. The number of carbonyl (C=O) groups excluding carboxylic acids is 1. The van der Waals surface area contributed by atoms with Crippen LogP contribution in [0.25, 0.3) is 0 Å². The number of amides is 2. The van der Waals surface area contributed by atoms with Gasteiger partial charge in [0.05, 0.1) is 6.42 Å². The van der Waals surface area contributed by atoms with E-state index < -0.39 is 5.97 Å². The third-order valence-electron chi connectivity index (χ3n) is 3.08. The molecule has 0 atom stereocenters. The van der Waals surface area contributed by atoms with E-state index in [-0.39, 0.29) is 30.9 Å². The molecule has 0 bridgehead atoms. The summed E-state index contributed by atoms with van der Waals surface area (Å²) in [7, 11) is 0. The Hall–Kier alpha value is -2.11. The lowest BCUT2D eigenvalue weighted by molar-refractivity contribution is -0.137. The van der Waals surface area contributed by atoms with Gasteiger partial charge in [-0.25, -0.2) is 9.18 Å². The molecule has 1 aromatic carbocycles. The fourth-order valence-electron chi connectivity index (χ4n) is 1.92. The minimum absolute atomic E-state index is 0.0983. The topological polar surface area (TPSA) is 69.6 Å². The van der Waals surface area contributed by atoms with Crippen LogP contribution in [0.1, 0.15) is 25.8 Å². The Morgan fingerprint density at radius 1 is 1.33 bits per heavy atom. The van der Waals surface area contributed by atoms with Gasteiger partial charge in [-0.3, -0.25) is 4.79 Å². The molecule has 2 amide bonds. The van der Waals surface area contributed by atoms with Gasteiger partial charge in [0, 0.05) is 19.1 Å². The molecule has 0 heterocycles. The van der Waals surface area contributed by atoms with E-state index >= 15 is 0 Å². The number of nitrogens with zero attached hydrogens (tertiary/aromatic N) is 1. The van der Waals surface area contributed by atoms with Gasteiger partial charge in [0.1, 0.15) is 5.82 Å². The van der Waals surface area contributed by atoms with E-state index in [1.165, 1.54) is 11.0 Å². The summed E-state index contributed by atoms with van der Waals surface area (Å²) < 4.78 is 13.4. The summed E-state index contributed by atoms with van der Waals surface area (Å²) in [5.41, 5.74) is 0.541. The predicted molar refractivity (Wildman–Crippen MR) is 77.6 cm³/mol. The minimum atomic E-state index is -0.945. The largest absolute Gasteiger partial charge is 0.481 e. The smallest absolute Gasteiger partial charge is 0.317 e. The summed E-state index contributed by atoms with van der Waals surface area (Å²) in [5, 5.41) is 11.4. The zero-order valence-electron chi connectivity index (χ0n) is 12.3. The molecule has 0 spiro atoms. The number of halogens is 1. The highest BCUT2D eigenvalue weighted by molar-refractivity contribution is 5.75. The van der Waals surface area contributed by atoms with Crippen LogP contribution < -0.4 is 5.32 Å². The Morgan fingerprint density at radius 3 is 2.57 bits per heavy atom. The van der Waals surface area contributed by atoms with Crippen molar-refractivity contribution < 1.29 is 19.1 Å². The number of hydrogen-bond acceptors (Lipinski definition) is 2. The molecule has 0 fully saturated rings. The summed E-state index contributed by atoms with van der Waals surface area (Å²) >= 11 is 0. The highest BCUT2D eigenvalue weighted by Gasteiger charge is 2.17. The van der Waals surface area contributed by atoms with Crippen LogP contribution in [0.3, 0.4) is 0 Å². The highest BCUT2D eigenvalue weighted by atomic mass is 19.1. The molecular formula is C15H21FN2O3. The molecule has 2 N–H and O–H groups in total. The van der Waals surface area contributed by atoms with Crippen LogP contribution in [0, 0.1) is 5.82 Å². The Labute approximate surface area is 123 Å². The summed E-state index contributed by atoms with van der Waals surface area (Å²) in [6, 6.07) is 5.98. The number of carbonyl (C=O) groups is 2. The number of nitrogens with one attached hydrogen (secondary N) is 1. The number of benzene rings is 1.